The Kier molecular flexibility index (Phi) is 3.90. The van der Waals surface area contributed by atoms with Crippen LogP contribution >= 0.6 is 15.9 Å². The first-order chi connectivity index (χ1) is 8.99. The molecule has 1 heterocycles. The summed E-state index contributed by atoms with van der Waals surface area (Å²) < 4.78 is 2.58. The van der Waals surface area contributed by atoms with E-state index >= 15 is 0 Å². The molecule has 0 atom stereocenters. The van der Waals surface area contributed by atoms with E-state index in [2.05, 4.69) is 21.0 Å². The Morgan fingerprint density at radius 1 is 1.47 bits per heavy atom. The SMILES string of the molecule is Cc1c(CCC(=O)O)c(=O)[nH]n1-c1cccc(Br)c1. The zero-order valence-electron chi connectivity index (χ0n) is 10.3. The molecule has 1 aromatic heterocycles. The Morgan fingerprint density at radius 2 is 2.21 bits per heavy atom. The standard InChI is InChI=1S/C13H13BrN2O3/c1-8-11(5-6-12(17)18)13(19)15-16(8)10-4-2-3-9(14)7-10/h2-4,7H,5-6H2,1H3,(H,15,19)(H,17,18). The van der Waals surface area contributed by atoms with Crippen LogP contribution in [0.4, 0.5) is 0 Å². The van der Waals surface area contributed by atoms with Crippen molar-refractivity contribution in [2.75, 3.05) is 0 Å². The second kappa shape index (κ2) is 5.44. The molecular weight excluding hydrogens is 312 g/mol. The van der Waals surface area contributed by atoms with Crippen molar-refractivity contribution >= 4 is 21.9 Å². The average molecular weight is 325 g/mol. The second-order valence-corrected chi connectivity index (χ2v) is 5.13. The number of carboxylic acid groups (broad SMARTS) is 1. The molecule has 0 unspecified atom stereocenters. The Hall–Kier alpha value is -1.82. The van der Waals surface area contributed by atoms with Crippen molar-refractivity contribution < 1.29 is 9.90 Å². The molecule has 2 aromatic rings. The number of carbonyl (C=O) groups is 1. The average Bonchev–Trinajstić information content (AvgIpc) is 2.62. The Bertz CT molecular complexity index is 673. The maximum Gasteiger partial charge on any atom is 0.303 e. The summed E-state index contributed by atoms with van der Waals surface area (Å²) >= 11 is 3.38. The van der Waals surface area contributed by atoms with E-state index in [4.69, 9.17) is 5.11 Å². The number of hydrogen-bond acceptors (Lipinski definition) is 2. The van der Waals surface area contributed by atoms with Gasteiger partial charge in [-0.1, -0.05) is 22.0 Å². The van der Waals surface area contributed by atoms with Gasteiger partial charge in [-0.25, -0.2) is 0 Å². The summed E-state index contributed by atoms with van der Waals surface area (Å²) in [6.45, 7) is 1.80. The van der Waals surface area contributed by atoms with E-state index in [9.17, 15) is 9.59 Å². The molecule has 0 saturated carbocycles. The summed E-state index contributed by atoms with van der Waals surface area (Å²) in [4.78, 5) is 22.4. The summed E-state index contributed by atoms with van der Waals surface area (Å²) in [7, 11) is 0. The molecule has 2 N–H and O–H groups in total. The fraction of sp³-hybridized carbons (Fsp3) is 0.231. The van der Waals surface area contributed by atoms with Gasteiger partial charge in [0.05, 0.1) is 5.69 Å². The molecule has 0 saturated heterocycles. The van der Waals surface area contributed by atoms with Gasteiger partial charge >= 0.3 is 5.97 Å². The topological polar surface area (TPSA) is 75.1 Å². The molecule has 19 heavy (non-hydrogen) atoms. The predicted molar refractivity (Wildman–Crippen MR) is 74.8 cm³/mol. The summed E-state index contributed by atoms with van der Waals surface area (Å²) in [6.07, 6.45) is 0.184. The number of carboxylic acids is 1. The molecule has 0 aliphatic carbocycles. The molecule has 1 aromatic carbocycles. The Balaban J connectivity index is 2.41. The first kappa shape index (κ1) is 13.6. The van der Waals surface area contributed by atoms with E-state index in [0.29, 0.717) is 5.56 Å². The molecule has 0 aliphatic heterocycles. The van der Waals surface area contributed by atoms with Crippen LogP contribution in [0.5, 0.6) is 0 Å². The second-order valence-electron chi connectivity index (χ2n) is 4.21. The molecule has 0 spiro atoms. The third-order valence-corrected chi connectivity index (χ3v) is 3.41. The predicted octanol–water partition coefficient (Wildman–Crippen LogP) is 2.25. The van der Waals surface area contributed by atoms with Gasteiger partial charge in [-0.05, 0) is 31.5 Å². The molecule has 0 radical (unpaired) electrons. The molecule has 2 rings (SSSR count). The third kappa shape index (κ3) is 2.96. The van der Waals surface area contributed by atoms with Gasteiger partial charge < -0.3 is 5.11 Å². The molecule has 0 aliphatic rings. The number of benzene rings is 1. The van der Waals surface area contributed by atoms with Gasteiger partial charge in [0.15, 0.2) is 0 Å². The normalized spacial score (nSPS) is 10.6. The number of aromatic amines is 1. The van der Waals surface area contributed by atoms with Gasteiger partial charge in [0.1, 0.15) is 0 Å². The number of aromatic nitrogens is 2. The van der Waals surface area contributed by atoms with Crippen LogP contribution in [0, 0.1) is 6.92 Å². The molecule has 0 fully saturated rings. The number of nitrogens with one attached hydrogen (secondary N) is 1. The monoisotopic (exact) mass is 324 g/mol. The maximum absolute atomic E-state index is 11.9. The summed E-state index contributed by atoms with van der Waals surface area (Å²) in [6, 6.07) is 7.51. The van der Waals surface area contributed by atoms with Crippen LogP contribution in [-0.4, -0.2) is 20.9 Å². The summed E-state index contributed by atoms with van der Waals surface area (Å²) in [5, 5.41) is 11.4. The van der Waals surface area contributed by atoms with Crippen molar-refractivity contribution in [1.82, 2.24) is 9.78 Å². The highest BCUT2D eigenvalue weighted by Gasteiger charge is 2.13. The van der Waals surface area contributed by atoms with E-state index in [0.717, 1.165) is 15.9 Å². The highest BCUT2D eigenvalue weighted by Crippen LogP contribution is 2.17. The van der Waals surface area contributed by atoms with E-state index < -0.39 is 5.97 Å². The lowest BCUT2D eigenvalue weighted by atomic mass is 10.1. The lowest BCUT2D eigenvalue weighted by Gasteiger charge is -2.06. The summed E-state index contributed by atoms with van der Waals surface area (Å²) in [5.74, 6) is -0.908. The zero-order valence-corrected chi connectivity index (χ0v) is 11.9. The molecule has 0 amide bonds. The van der Waals surface area contributed by atoms with Gasteiger partial charge in [0, 0.05) is 22.2 Å². The first-order valence-corrected chi connectivity index (χ1v) is 6.56. The number of rotatable bonds is 4. The maximum atomic E-state index is 11.9. The minimum Gasteiger partial charge on any atom is -0.481 e. The van der Waals surface area contributed by atoms with Gasteiger partial charge in [0.25, 0.3) is 5.56 Å². The van der Waals surface area contributed by atoms with Crippen LogP contribution in [-0.2, 0) is 11.2 Å². The number of H-pyrrole nitrogens is 1. The summed E-state index contributed by atoms with van der Waals surface area (Å²) in [5.41, 5.74) is 1.84. The van der Waals surface area contributed by atoms with E-state index in [-0.39, 0.29) is 18.4 Å². The van der Waals surface area contributed by atoms with Crippen LogP contribution in [0.25, 0.3) is 5.69 Å². The molecular formula is C13H13BrN2O3. The van der Waals surface area contributed by atoms with Gasteiger partial charge in [-0.2, -0.15) is 0 Å². The van der Waals surface area contributed by atoms with Crippen molar-refractivity contribution in [2.24, 2.45) is 0 Å². The lowest BCUT2D eigenvalue weighted by Crippen LogP contribution is -2.09. The van der Waals surface area contributed by atoms with Crippen molar-refractivity contribution in [3.8, 4) is 5.69 Å². The molecule has 0 bridgehead atoms. The lowest BCUT2D eigenvalue weighted by molar-refractivity contribution is -0.136. The molecule has 5 nitrogen and oxygen atoms in total. The molecule has 6 heteroatoms. The largest absolute Gasteiger partial charge is 0.481 e. The van der Waals surface area contributed by atoms with Gasteiger partial charge in [-0.15, -0.1) is 0 Å². The van der Waals surface area contributed by atoms with Crippen LogP contribution in [0.3, 0.4) is 0 Å². The van der Waals surface area contributed by atoms with Crippen molar-refractivity contribution in [1.29, 1.82) is 0 Å². The van der Waals surface area contributed by atoms with Gasteiger partial charge in [-0.3, -0.25) is 19.4 Å². The fourth-order valence-corrected chi connectivity index (χ4v) is 2.34. The number of hydrogen-bond donors (Lipinski definition) is 2. The third-order valence-electron chi connectivity index (χ3n) is 2.91. The number of halogens is 1. The highest BCUT2D eigenvalue weighted by molar-refractivity contribution is 9.10. The fourth-order valence-electron chi connectivity index (χ4n) is 1.95. The van der Waals surface area contributed by atoms with Crippen LogP contribution in [0.2, 0.25) is 0 Å². The minimum atomic E-state index is -0.908. The Morgan fingerprint density at radius 3 is 2.84 bits per heavy atom. The Labute approximate surface area is 118 Å². The molecule has 100 valence electrons. The van der Waals surface area contributed by atoms with Crippen molar-refractivity contribution in [3.63, 3.8) is 0 Å². The van der Waals surface area contributed by atoms with Crippen molar-refractivity contribution in [2.45, 2.75) is 19.8 Å². The minimum absolute atomic E-state index is 0.0492. The zero-order chi connectivity index (χ0) is 14.0. The number of aliphatic carboxylic acids is 1. The quantitative estimate of drug-likeness (QED) is 0.905. The smallest absolute Gasteiger partial charge is 0.303 e. The first-order valence-electron chi connectivity index (χ1n) is 5.77. The van der Waals surface area contributed by atoms with Crippen LogP contribution < -0.4 is 5.56 Å². The van der Waals surface area contributed by atoms with Crippen molar-refractivity contribution in [3.05, 3.63) is 50.3 Å². The van der Waals surface area contributed by atoms with Crippen LogP contribution in [0.1, 0.15) is 17.7 Å². The number of nitrogens with zero attached hydrogens (tertiary/aromatic N) is 1. The van der Waals surface area contributed by atoms with E-state index in [1.807, 2.05) is 24.3 Å². The highest BCUT2D eigenvalue weighted by atomic mass is 79.9. The van der Waals surface area contributed by atoms with Crippen LogP contribution in [0.15, 0.2) is 33.5 Å². The van der Waals surface area contributed by atoms with E-state index in [1.54, 1.807) is 11.6 Å². The van der Waals surface area contributed by atoms with E-state index in [1.165, 1.54) is 0 Å². The van der Waals surface area contributed by atoms with Gasteiger partial charge in [0.2, 0.25) is 0 Å².